The molecule has 0 unspecified atom stereocenters. The first-order valence-electron chi connectivity index (χ1n) is 6.90. The highest BCUT2D eigenvalue weighted by atomic mass is 16.2. The number of amides is 1. The maximum Gasteiger partial charge on any atom is 0.272 e. The summed E-state index contributed by atoms with van der Waals surface area (Å²) in [6.07, 6.45) is 1.44. The zero-order chi connectivity index (χ0) is 14.7. The van der Waals surface area contributed by atoms with Crippen molar-refractivity contribution in [1.82, 2.24) is 20.4 Å². The van der Waals surface area contributed by atoms with Gasteiger partial charge in [0.2, 0.25) is 0 Å². The second-order valence-electron chi connectivity index (χ2n) is 4.90. The number of hydrogen-bond donors (Lipinski definition) is 2. The Balaban J connectivity index is 2.05. The van der Waals surface area contributed by atoms with Crippen LogP contribution < -0.4 is 10.9 Å². The molecule has 1 aromatic carbocycles. The number of H-pyrrole nitrogens is 1. The van der Waals surface area contributed by atoms with Crippen LogP contribution in [0.4, 0.5) is 0 Å². The lowest BCUT2D eigenvalue weighted by Crippen LogP contribution is -2.46. The van der Waals surface area contributed by atoms with Crippen molar-refractivity contribution in [2.75, 3.05) is 26.2 Å². The maximum atomic E-state index is 12.7. The highest BCUT2D eigenvalue weighted by molar-refractivity contribution is 6.00. The lowest BCUT2D eigenvalue weighted by Gasteiger charge is -2.27. The summed E-state index contributed by atoms with van der Waals surface area (Å²) in [6.45, 7) is 2.81. The third-order valence-electron chi connectivity index (χ3n) is 3.55. The van der Waals surface area contributed by atoms with E-state index in [0.717, 1.165) is 18.7 Å². The summed E-state index contributed by atoms with van der Waals surface area (Å²) in [7, 11) is 0. The van der Waals surface area contributed by atoms with Gasteiger partial charge in [-0.1, -0.05) is 30.3 Å². The number of aromatic amines is 1. The standard InChI is InChI=1S/C15H16N4O2/c20-14-13(11-4-2-1-3-5-11)12(10-17-18-14)15(21)19-8-6-16-7-9-19/h1-5,10,16H,6-9H2,(H,18,20). The van der Waals surface area contributed by atoms with Crippen molar-refractivity contribution in [1.29, 1.82) is 0 Å². The minimum atomic E-state index is -0.345. The Morgan fingerprint density at radius 1 is 1.14 bits per heavy atom. The Morgan fingerprint density at radius 2 is 1.86 bits per heavy atom. The summed E-state index contributed by atoms with van der Waals surface area (Å²) in [5.41, 5.74) is 1.11. The van der Waals surface area contributed by atoms with Gasteiger partial charge in [-0.3, -0.25) is 9.59 Å². The maximum absolute atomic E-state index is 12.7. The number of aromatic nitrogens is 2. The van der Waals surface area contributed by atoms with Crippen LogP contribution in [-0.2, 0) is 0 Å². The largest absolute Gasteiger partial charge is 0.336 e. The van der Waals surface area contributed by atoms with Crippen LogP contribution in [0.15, 0.2) is 41.3 Å². The molecule has 0 bridgehead atoms. The molecule has 2 aromatic rings. The number of rotatable bonds is 2. The number of nitrogens with one attached hydrogen (secondary N) is 2. The van der Waals surface area contributed by atoms with Gasteiger partial charge in [-0.15, -0.1) is 0 Å². The van der Waals surface area contributed by atoms with Crippen LogP contribution >= 0.6 is 0 Å². The third kappa shape index (κ3) is 2.71. The molecule has 1 aromatic heterocycles. The van der Waals surface area contributed by atoms with E-state index in [0.29, 0.717) is 24.2 Å². The number of nitrogens with zero attached hydrogens (tertiary/aromatic N) is 2. The number of piperazine rings is 1. The first kappa shape index (κ1) is 13.5. The molecule has 2 heterocycles. The zero-order valence-corrected chi connectivity index (χ0v) is 11.5. The molecule has 0 radical (unpaired) electrons. The SMILES string of the molecule is O=C(c1cn[nH]c(=O)c1-c1ccccc1)N1CCNCC1. The van der Waals surface area contributed by atoms with Crippen molar-refractivity contribution in [2.24, 2.45) is 0 Å². The van der Waals surface area contributed by atoms with Crippen molar-refractivity contribution in [2.45, 2.75) is 0 Å². The number of benzene rings is 1. The molecule has 108 valence electrons. The van der Waals surface area contributed by atoms with Gasteiger partial charge in [0.1, 0.15) is 0 Å². The van der Waals surface area contributed by atoms with Gasteiger partial charge in [0.15, 0.2) is 0 Å². The van der Waals surface area contributed by atoms with Crippen molar-refractivity contribution >= 4 is 5.91 Å². The summed E-state index contributed by atoms with van der Waals surface area (Å²) in [5.74, 6) is -0.144. The zero-order valence-electron chi connectivity index (χ0n) is 11.5. The van der Waals surface area contributed by atoms with Gasteiger partial charge >= 0.3 is 0 Å². The molecule has 1 aliphatic rings. The van der Waals surface area contributed by atoms with Crippen molar-refractivity contribution in [3.63, 3.8) is 0 Å². The van der Waals surface area contributed by atoms with Gasteiger partial charge < -0.3 is 10.2 Å². The van der Waals surface area contributed by atoms with Crippen LogP contribution in [-0.4, -0.2) is 47.2 Å². The van der Waals surface area contributed by atoms with Gasteiger partial charge in [0.25, 0.3) is 11.5 Å². The molecule has 1 aliphatic heterocycles. The Labute approximate surface area is 121 Å². The van der Waals surface area contributed by atoms with E-state index in [1.807, 2.05) is 30.3 Å². The van der Waals surface area contributed by atoms with E-state index >= 15 is 0 Å². The second kappa shape index (κ2) is 5.88. The van der Waals surface area contributed by atoms with Crippen LogP contribution in [0.5, 0.6) is 0 Å². The van der Waals surface area contributed by atoms with E-state index in [-0.39, 0.29) is 11.5 Å². The van der Waals surface area contributed by atoms with Crippen LogP contribution in [0.3, 0.4) is 0 Å². The molecule has 0 aliphatic carbocycles. The molecule has 0 atom stereocenters. The summed E-state index contributed by atoms with van der Waals surface area (Å²) in [4.78, 5) is 26.5. The molecule has 1 fully saturated rings. The lowest BCUT2D eigenvalue weighted by molar-refractivity contribution is 0.0736. The average molecular weight is 284 g/mol. The van der Waals surface area contributed by atoms with E-state index in [4.69, 9.17) is 0 Å². The Kier molecular flexibility index (Phi) is 3.79. The molecule has 2 N–H and O–H groups in total. The average Bonchev–Trinajstić information content (AvgIpc) is 2.55. The fourth-order valence-electron chi connectivity index (χ4n) is 2.49. The molecular formula is C15H16N4O2. The Bertz CT molecular complexity index is 690. The Morgan fingerprint density at radius 3 is 2.57 bits per heavy atom. The smallest absolute Gasteiger partial charge is 0.272 e. The fourth-order valence-corrected chi connectivity index (χ4v) is 2.49. The second-order valence-corrected chi connectivity index (χ2v) is 4.90. The van der Waals surface area contributed by atoms with E-state index in [2.05, 4.69) is 15.5 Å². The number of carbonyl (C=O) groups is 1. The minimum Gasteiger partial charge on any atom is -0.336 e. The molecule has 21 heavy (non-hydrogen) atoms. The summed E-state index contributed by atoms with van der Waals surface area (Å²) < 4.78 is 0. The van der Waals surface area contributed by atoms with Crippen molar-refractivity contribution in [3.05, 3.63) is 52.4 Å². The van der Waals surface area contributed by atoms with E-state index < -0.39 is 0 Å². The van der Waals surface area contributed by atoms with Crippen LogP contribution in [0.25, 0.3) is 11.1 Å². The molecule has 0 saturated carbocycles. The number of carbonyl (C=O) groups excluding carboxylic acids is 1. The quantitative estimate of drug-likeness (QED) is 0.841. The van der Waals surface area contributed by atoms with Crippen molar-refractivity contribution < 1.29 is 4.79 Å². The van der Waals surface area contributed by atoms with E-state index in [1.54, 1.807) is 4.90 Å². The number of hydrogen-bond acceptors (Lipinski definition) is 4. The molecule has 0 spiro atoms. The third-order valence-corrected chi connectivity index (χ3v) is 3.55. The van der Waals surface area contributed by atoms with Crippen LogP contribution in [0, 0.1) is 0 Å². The molecule has 6 nitrogen and oxygen atoms in total. The fraction of sp³-hybridized carbons (Fsp3) is 0.267. The first-order chi connectivity index (χ1) is 10.3. The molecule has 1 amide bonds. The predicted molar refractivity (Wildman–Crippen MR) is 79.1 cm³/mol. The minimum absolute atomic E-state index is 0.144. The molecular weight excluding hydrogens is 268 g/mol. The van der Waals surface area contributed by atoms with E-state index in [1.165, 1.54) is 6.20 Å². The highest BCUT2D eigenvalue weighted by Gasteiger charge is 2.23. The molecule has 6 heteroatoms. The first-order valence-corrected chi connectivity index (χ1v) is 6.90. The van der Waals surface area contributed by atoms with Gasteiger partial charge in [0.05, 0.1) is 17.3 Å². The van der Waals surface area contributed by atoms with E-state index in [9.17, 15) is 9.59 Å². The molecule has 1 saturated heterocycles. The molecule has 3 rings (SSSR count). The summed E-state index contributed by atoms with van der Waals surface area (Å²) >= 11 is 0. The summed E-state index contributed by atoms with van der Waals surface area (Å²) in [6, 6.07) is 9.19. The van der Waals surface area contributed by atoms with Gasteiger partial charge in [-0.2, -0.15) is 5.10 Å². The van der Waals surface area contributed by atoms with Gasteiger partial charge in [0, 0.05) is 26.2 Å². The monoisotopic (exact) mass is 284 g/mol. The lowest BCUT2D eigenvalue weighted by atomic mass is 10.0. The predicted octanol–water partition coefficient (Wildman–Crippen LogP) is 0.482. The topological polar surface area (TPSA) is 78.1 Å². The van der Waals surface area contributed by atoms with Crippen molar-refractivity contribution in [3.8, 4) is 11.1 Å². The highest BCUT2D eigenvalue weighted by Crippen LogP contribution is 2.20. The van der Waals surface area contributed by atoms with Gasteiger partial charge in [-0.25, -0.2) is 5.10 Å². The van der Waals surface area contributed by atoms with Gasteiger partial charge in [-0.05, 0) is 5.56 Å². The summed E-state index contributed by atoms with van der Waals surface area (Å²) in [5, 5.41) is 9.39. The van der Waals surface area contributed by atoms with Crippen LogP contribution in [0.1, 0.15) is 10.4 Å². The normalized spacial score (nSPS) is 15.0. The van der Waals surface area contributed by atoms with Crippen LogP contribution in [0.2, 0.25) is 0 Å². The Hall–Kier alpha value is -2.47.